The summed E-state index contributed by atoms with van der Waals surface area (Å²) in [5, 5.41) is 23.4. The van der Waals surface area contributed by atoms with Gasteiger partial charge in [-0.2, -0.15) is 0 Å². The maximum absolute atomic E-state index is 13.9. The second-order valence-corrected chi connectivity index (χ2v) is 16.7. The second kappa shape index (κ2) is 9.26. The highest BCUT2D eigenvalue weighted by Crippen LogP contribution is 2.89. The Bertz CT molecular complexity index is 1270. The Morgan fingerprint density at radius 3 is 2.48 bits per heavy atom. The van der Waals surface area contributed by atoms with Crippen molar-refractivity contribution in [2.24, 2.45) is 50.7 Å². The molecule has 1 amide bonds. The third-order valence-corrected chi connectivity index (χ3v) is 15.0. The molecule has 1 aliphatic heterocycles. The lowest BCUT2D eigenvalue weighted by Crippen LogP contribution is -2.59. The lowest BCUT2D eigenvalue weighted by Gasteiger charge is -2.63. The number of fused-ring (bicyclic) bond motifs is 4. The number of carbonyl (C=O) groups is 1. The predicted molar refractivity (Wildman–Crippen MR) is 160 cm³/mol. The van der Waals surface area contributed by atoms with Gasteiger partial charge in [0.25, 0.3) is 0 Å². The number of benzene rings is 1. The summed E-state index contributed by atoms with van der Waals surface area (Å²) in [5.74, 6) is 1.36. The Morgan fingerprint density at radius 1 is 1.05 bits per heavy atom. The van der Waals surface area contributed by atoms with Gasteiger partial charge in [-0.3, -0.25) is 4.79 Å². The first-order valence-electron chi connectivity index (χ1n) is 16.7. The van der Waals surface area contributed by atoms with Crippen LogP contribution in [0.25, 0.3) is 0 Å². The number of halogens is 1. The molecule has 6 aliphatic rings. The van der Waals surface area contributed by atoms with E-state index in [-0.39, 0.29) is 57.6 Å². The standard InChI is InChI=1S/C36H52FNO4/c1-21-16-25(19-38(22(2)39)18-23-8-7-9-24(37)17-23)42-30-29(21)33(5)14-15-36-20-35(36)13-12-28(40)32(3,4)26(35)10-11-27(36)34(33,6)31(30)41/h7-9,17,21,25-31,40-41H,10-16,18-20H2,1-6H3/t21-,25?,26+,27?,28?,29+,30?,31+,33-,34-,35-,36+/m1/s1. The molecule has 0 radical (unpaired) electrons. The molecule has 7 rings (SSSR count). The van der Waals surface area contributed by atoms with E-state index in [1.807, 2.05) is 6.07 Å². The molecule has 12 atom stereocenters. The van der Waals surface area contributed by atoms with Crippen LogP contribution in [0, 0.1) is 56.6 Å². The molecule has 0 aromatic heterocycles. The number of nitrogens with zero attached hydrogens (tertiary/aromatic N) is 1. The first-order chi connectivity index (χ1) is 19.7. The van der Waals surface area contributed by atoms with Crippen molar-refractivity contribution >= 4 is 5.91 Å². The van der Waals surface area contributed by atoms with Gasteiger partial charge >= 0.3 is 0 Å². The molecule has 232 valence electrons. The maximum Gasteiger partial charge on any atom is 0.219 e. The zero-order valence-corrected chi connectivity index (χ0v) is 26.5. The SMILES string of the molecule is CC(=O)N(Cc1cccc(F)c1)CC1C[C@@H](C)[C@H]2C(O1)[C@H](O)[C@@]1(C)C3CC[C@H]4C(C)(C)C(O)CC[C@@]45C[C@@]35CC[C@]21C. The number of ether oxygens (including phenoxy) is 1. The number of rotatable bonds is 4. The van der Waals surface area contributed by atoms with Crippen LogP contribution in [0.4, 0.5) is 4.39 Å². The third kappa shape index (κ3) is 3.61. The lowest BCUT2D eigenvalue weighted by atomic mass is 9.41. The van der Waals surface area contributed by atoms with Crippen LogP contribution in [-0.4, -0.2) is 52.0 Å². The minimum Gasteiger partial charge on any atom is -0.393 e. The molecule has 5 aliphatic carbocycles. The smallest absolute Gasteiger partial charge is 0.219 e. The van der Waals surface area contributed by atoms with Crippen molar-refractivity contribution in [3.8, 4) is 0 Å². The summed E-state index contributed by atoms with van der Waals surface area (Å²) in [6.45, 7) is 14.2. The monoisotopic (exact) mass is 581 g/mol. The Morgan fingerprint density at radius 2 is 1.76 bits per heavy atom. The van der Waals surface area contributed by atoms with Gasteiger partial charge in [0.2, 0.25) is 5.91 Å². The van der Waals surface area contributed by atoms with E-state index in [2.05, 4.69) is 34.6 Å². The van der Waals surface area contributed by atoms with E-state index in [0.29, 0.717) is 36.3 Å². The van der Waals surface area contributed by atoms with Crippen LogP contribution in [0.5, 0.6) is 0 Å². The van der Waals surface area contributed by atoms with Crippen LogP contribution in [0.15, 0.2) is 24.3 Å². The molecule has 4 unspecified atom stereocenters. The Labute approximate surface area is 251 Å². The van der Waals surface area contributed by atoms with Crippen LogP contribution in [-0.2, 0) is 16.1 Å². The molecule has 2 N–H and O–H groups in total. The number of aliphatic hydroxyl groups excluding tert-OH is 2. The topological polar surface area (TPSA) is 70.0 Å². The highest BCUT2D eigenvalue weighted by molar-refractivity contribution is 5.73. The van der Waals surface area contributed by atoms with E-state index < -0.39 is 6.10 Å². The molecule has 1 saturated heterocycles. The fraction of sp³-hybridized carbons (Fsp3) is 0.806. The molecule has 1 heterocycles. The summed E-state index contributed by atoms with van der Waals surface area (Å²) in [7, 11) is 0. The van der Waals surface area contributed by atoms with Gasteiger partial charge in [0.15, 0.2) is 0 Å². The zero-order valence-electron chi connectivity index (χ0n) is 26.5. The lowest BCUT2D eigenvalue weighted by molar-refractivity contribution is -0.182. The largest absolute Gasteiger partial charge is 0.393 e. The van der Waals surface area contributed by atoms with Crippen molar-refractivity contribution in [3.63, 3.8) is 0 Å². The maximum atomic E-state index is 13.9. The highest BCUT2D eigenvalue weighted by atomic mass is 19.1. The molecular weight excluding hydrogens is 529 g/mol. The van der Waals surface area contributed by atoms with Crippen molar-refractivity contribution in [2.75, 3.05) is 6.54 Å². The van der Waals surface area contributed by atoms with Gasteiger partial charge in [0.05, 0.1) is 24.4 Å². The number of aliphatic hydroxyl groups is 2. The minimum atomic E-state index is -0.537. The van der Waals surface area contributed by atoms with Gasteiger partial charge in [-0.05, 0) is 114 Å². The van der Waals surface area contributed by atoms with Gasteiger partial charge in [-0.25, -0.2) is 4.39 Å². The fourth-order valence-corrected chi connectivity index (χ4v) is 12.9. The Balaban J connectivity index is 1.15. The molecule has 5 saturated carbocycles. The van der Waals surface area contributed by atoms with E-state index in [9.17, 15) is 19.4 Å². The summed E-state index contributed by atoms with van der Waals surface area (Å²) in [4.78, 5) is 14.4. The number of carbonyl (C=O) groups excluding carboxylic acids is 1. The van der Waals surface area contributed by atoms with E-state index >= 15 is 0 Å². The van der Waals surface area contributed by atoms with Gasteiger partial charge in [-0.1, -0.05) is 46.8 Å². The van der Waals surface area contributed by atoms with Crippen molar-refractivity contribution in [2.45, 2.75) is 124 Å². The predicted octanol–water partition coefficient (Wildman–Crippen LogP) is 6.35. The van der Waals surface area contributed by atoms with Gasteiger partial charge in [-0.15, -0.1) is 0 Å². The van der Waals surface area contributed by atoms with E-state index in [1.165, 1.54) is 25.0 Å². The summed E-state index contributed by atoms with van der Waals surface area (Å²) in [6.07, 6.45) is 7.69. The Hall–Kier alpha value is -1.50. The van der Waals surface area contributed by atoms with E-state index in [0.717, 1.165) is 44.1 Å². The first-order valence-corrected chi connectivity index (χ1v) is 16.7. The summed E-state index contributed by atoms with van der Waals surface area (Å²) < 4.78 is 20.7. The Kier molecular flexibility index (Phi) is 6.45. The molecule has 6 fully saturated rings. The van der Waals surface area contributed by atoms with Crippen molar-refractivity contribution in [1.82, 2.24) is 4.90 Å². The van der Waals surface area contributed by atoms with Crippen LogP contribution in [0.2, 0.25) is 0 Å². The van der Waals surface area contributed by atoms with Crippen molar-refractivity contribution in [3.05, 3.63) is 35.6 Å². The van der Waals surface area contributed by atoms with E-state index in [4.69, 9.17) is 4.74 Å². The molecule has 5 nitrogen and oxygen atoms in total. The molecule has 1 aromatic rings. The fourth-order valence-electron chi connectivity index (χ4n) is 12.9. The average molecular weight is 582 g/mol. The van der Waals surface area contributed by atoms with Crippen LogP contribution >= 0.6 is 0 Å². The van der Waals surface area contributed by atoms with Crippen molar-refractivity contribution < 1.29 is 24.1 Å². The second-order valence-electron chi connectivity index (χ2n) is 16.7. The first kappa shape index (κ1) is 29.2. The highest BCUT2D eigenvalue weighted by Gasteiger charge is 2.84. The van der Waals surface area contributed by atoms with Gasteiger partial charge in [0, 0.05) is 25.4 Å². The van der Waals surface area contributed by atoms with E-state index in [1.54, 1.807) is 17.9 Å². The number of amides is 1. The molecule has 1 aromatic carbocycles. The minimum absolute atomic E-state index is 0.000466. The normalized spacial score (nSPS) is 50.0. The molecular formula is C36H52FNO4. The molecule has 42 heavy (non-hydrogen) atoms. The average Bonchev–Trinajstić information content (AvgIpc) is 3.55. The third-order valence-electron chi connectivity index (χ3n) is 15.0. The summed E-state index contributed by atoms with van der Waals surface area (Å²) >= 11 is 0. The summed E-state index contributed by atoms with van der Waals surface area (Å²) in [5.41, 5.74) is 1.12. The molecule has 0 bridgehead atoms. The summed E-state index contributed by atoms with van der Waals surface area (Å²) in [6, 6.07) is 6.46. The zero-order chi connectivity index (χ0) is 30.0. The molecule has 2 spiro atoms. The van der Waals surface area contributed by atoms with Crippen LogP contribution in [0.3, 0.4) is 0 Å². The van der Waals surface area contributed by atoms with Gasteiger partial charge < -0.3 is 19.8 Å². The van der Waals surface area contributed by atoms with Crippen LogP contribution in [0.1, 0.15) is 98.5 Å². The molecule has 6 heteroatoms. The number of hydrogen-bond acceptors (Lipinski definition) is 4. The number of hydrogen-bond donors (Lipinski definition) is 2. The van der Waals surface area contributed by atoms with Crippen LogP contribution < -0.4 is 0 Å². The quantitative estimate of drug-likeness (QED) is 0.435. The van der Waals surface area contributed by atoms with Crippen molar-refractivity contribution in [1.29, 1.82) is 0 Å². The van der Waals surface area contributed by atoms with Gasteiger partial charge in [0.1, 0.15) is 5.82 Å².